The first kappa shape index (κ1) is 19.2. The number of amides is 2. The number of carbonyl (C=O) groups excluding carboxylic acids is 2. The minimum Gasteiger partial charge on any atom is -0.497 e. The van der Waals surface area contributed by atoms with Crippen LogP contribution in [0.3, 0.4) is 0 Å². The summed E-state index contributed by atoms with van der Waals surface area (Å²) in [5, 5.41) is 5.60. The van der Waals surface area contributed by atoms with Crippen LogP contribution in [0.5, 0.6) is 5.75 Å². The average molecular weight is 385 g/mol. The molecule has 0 aliphatic rings. The molecule has 1 heterocycles. The van der Waals surface area contributed by atoms with E-state index in [1.54, 1.807) is 38.3 Å². The Balaban J connectivity index is 1.69. The van der Waals surface area contributed by atoms with Crippen LogP contribution in [-0.2, 0) is 4.79 Å². The fourth-order valence-corrected chi connectivity index (χ4v) is 2.64. The summed E-state index contributed by atoms with van der Waals surface area (Å²) in [6.07, 6.45) is 0. The molecule has 2 N–H and O–H groups in total. The summed E-state index contributed by atoms with van der Waals surface area (Å²) >= 11 is 0. The number of nitrogens with zero attached hydrogens (tertiary/aromatic N) is 1. The summed E-state index contributed by atoms with van der Waals surface area (Å²) in [5.74, 6) is -2.50. The third kappa shape index (κ3) is 4.22. The lowest BCUT2D eigenvalue weighted by molar-refractivity contribution is -0.115. The molecular formula is C20H17F2N3O3. The van der Waals surface area contributed by atoms with Gasteiger partial charge < -0.3 is 15.4 Å². The number of aryl methyl sites for hydroxylation is 1. The largest absolute Gasteiger partial charge is 0.497 e. The predicted molar refractivity (Wildman–Crippen MR) is 100 cm³/mol. The number of fused-ring (bicyclic) bond motifs is 1. The molecule has 144 valence electrons. The van der Waals surface area contributed by atoms with Crippen molar-refractivity contribution in [3.63, 3.8) is 0 Å². The number of halogens is 2. The lowest BCUT2D eigenvalue weighted by atomic mass is 10.1. The molecule has 0 spiro atoms. The molecule has 0 radical (unpaired) electrons. The van der Waals surface area contributed by atoms with Gasteiger partial charge in [0.2, 0.25) is 5.91 Å². The Morgan fingerprint density at radius 1 is 1.07 bits per heavy atom. The first-order valence-electron chi connectivity index (χ1n) is 8.36. The molecular weight excluding hydrogens is 368 g/mol. The summed E-state index contributed by atoms with van der Waals surface area (Å²) in [7, 11) is 1.54. The van der Waals surface area contributed by atoms with E-state index >= 15 is 0 Å². The smallest absolute Gasteiger partial charge is 0.253 e. The van der Waals surface area contributed by atoms with Crippen molar-refractivity contribution in [2.45, 2.75) is 6.92 Å². The van der Waals surface area contributed by atoms with E-state index in [1.165, 1.54) is 6.07 Å². The minimum atomic E-state index is -1.07. The number of hydrogen-bond donors (Lipinski definition) is 2. The van der Waals surface area contributed by atoms with Gasteiger partial charge in [-0.3, -0.25) is 14.6 Å². The molecule has 8 heteroatoms. The van der Waals surface area contributed by atoms with Gasteiger partial charge in [0.05, 0.1) is 30.4 Å². The van der Waals surface area contributed by atoms with Crippen molar-refractivity contribution < 1.29 is 23.1 Å². The molecule has 28 heavy (non-hydrogen) atoms. The lowest BCUT2D eigenvalue weighted by Crippen LogP contribution is -2.33. The molecule has 0 saturated heterocycles. The van der Waals surface area contributed by atoms with Crippen LogP contribution in [-0.4, -0.2) is 30.5 Å². The summed E-state index contributed by atoms with van der Waals surface area (Å²) in [5.41, 5.74) is 1.64. The zero-order chi connectivity index (χ0) is 20.3. The molecule has 0 aliphatic heterocycles. The third-order valence-corrected chi connectivity index (χ3v) is 4.07. The highest BCUT2D eigenvalue weighted by atomic mass is 19.2. The van der Waals surface area contributed by atoms with Crippen molar-refractivity contribution in [1.82, 2.24) is 10.3 Å². The number of rotatable bonds is 5. The maximum absolute atomic E-state index is 13.2. The monoisotopic (exact) mass is 385 g/mol. The molecule has 1 aromatic heterocycles. The highest BCUT2D eigenvalue weighted by Gasteiger charge is 2.14. The van der Waals surface area contributed by atoms with Crippen LogP contribution >= 0.6 is 0 Å². The van der Waals surface area contributed by atoms with Crippen molar-refractivity contribution in [3.05, 3.63) is 65.4 Å². The maximum atomic E-state index is 13.2. The van der Waals surface area contributed by atoms with Gasteiger partial charge in [-0.25, -0.2) is 8.78 Å². The highest BCUT2D eigenvalue weighted by Crippen LogP contribution is 2.22. The van der Waals surface area contributed by atoms with Crippen LogP contribution in [0.25, 0.3) is 10.9 Å². The predicted octanol–water partition coefficient (Wildman–Crippen LogP) is 3.20. The summed E-state index contributed by atoms with van der Waals surface area (Å²) in [4.78, 5) is 28.8. The highest BCUT2D eigenvalue weighted by molar-refractivity contribution is 6.01. The van der Waals surface area contributed by atoms with Gasteiger partial charge in [-0.2, -0.15) is 0 Å². The van der Waals surface area contributed by atoms with Crippen molar-refractivity contribution >= 4 is 28.4 Å². The number of aromatic nitrogens is 1. The molecule has 0 unspecified atom stereocenters. The number of nitrogens with one attached hydrogen (secondary N) is 2. The zero-order valence-corrected chi connectivity index (χ0v) is 15.2. The molecule has 0 bridgehead atoms. The topological polar surface area (TPSA) is 80.3 Å². The molecule has 2 amide bonds. The van der Waals surface area contributed by atoms with Gasteiger partial charge in [0, 0.05) is 17.1 Å². The summed E-state index contributed by atoms with van der Waals surface area (Å²) in [6, 6.07) is 9.98. The van der Waals surface area contributed by atoms with E-state index in [9.17, 15) is 18.4 Å². The zero-order valence-electron chi connectivity index (χ0n) is 15.2. The Hall–Kier alpha value is -3.55. The number of carbonyl (C=O) groups is 2. The van der Waals surface area contributed by atoms with Crippen LogP contribution in [0, 0.1) is 18.6 Å². The molecule has 0 fully saturated rings. The van der Waals surface area contributed by atoms with Crippen molar-refractivity contribution in [2.24, 2.45) is 0 Å². The fourth-order valence-electron chi connectivity index (χ4n) is 2.64. The van der Waals surface area contributed by atoms with E-state index in [4.69, 9.17) is 4.74 Å². The maximum Gasteiger partial charge on any atom is 0.253 e. The van der Waals surface area contributed by atoms with E-state index in [0.29, 0.717) is 22.5 Å². The van der Waals surface area contributed by atoms with Gasteiger partial charge in [-0.05, 0) is 43.3 Å². The standard InChI is InChI=1S/C20H17F2N3O3/c1-11-15(8-12-7-14(28-2)4-6-18(12)24-11)20(27)23-10-19(26)25-13-3-5-16(21)17(22)9-13/h3-9H,10H2,1-2H3,(H,23,27)(H,25,26). The second-order valence-electron chi connectivity index (χ2n) is 6.04. The van der Waals surface area contributed by atoms with E-state index in [1.807, 2.05) is 0 Å². The first-order valence-corrected chi connectivity index (χ1v) is 8.36. The normalized spacial score (nSPS) is 10.6. The van der Waals surface area contributed by atoms with Crippen LogP contribution in [0.1, 0.15) is 16.1 Å². The molecule has 0 atom stereocenters. The van der Waals surface area contributed by atoms with Gasteiger partial charge >= 0.3 is 0 Å². The number of anilines is 1. The molecule has 0 aliphatic carbocycles. The molecule has 3 aromatic rings. The van der Waals surface area contributed by atoms with Gasteiger partial charge in [-0.1, -0.05) is 0 Å². The Kier molecular flexibility index (Phi) is 5.49. The Morgan fingerprint density at radius 3 is 2.57 bits per heavy atom. The second-order valence-corrected chi connectivity index (χ2v) is 6.04. The SMILES string of the molecule is COc1ccc2nc(C)c(C(=O)NCC(=O)Nc3ccc(F)c(F)c3)cc2c1. The lowest BCUT2D eigenvalue weighted by Gasteiger charge is -2.10. The molecule has 6 nitrogen and oxygen atoms in total. The van der Waals surface area contributed by atoms with Gasteiger partial charge in [0.1, 0.15) is 5.75 Å². The summed E-state index contributed by atoms with van der Waals surface area (Å²) < 4.78 is 31.3. The molecule has 2 aromatic carbocycles. The van der Waals surface area contributed by atoms with E-state index in [-0.39, 0.29) is 12.2 Å². The third-order valence-electron chi connectivity index (χ3n) is 4.07. The Morgan fingerprint density at radius 2 is 1.86 bits per heavy atom. The van der Waals surface area contributed by atoms with Gasteiger partial charge in [0.25, 0.3) is 5.91 Å². The van der Waals surface area contributed by atoms with Crippen molar-refractivity contribution in [2.75, 3.05) is 19.0 Å². The van der Waals surface area contributed by atoms with E-state index in [0.717, 1.165) is 17.5 Å². The van der Waals surface area contributed by atoms with Crippen LogP contribution < -0.4 is 15.4 Å². The number of methoxy groups -OCH3 is 1. The van der Waals surface area contributed by atoms with Crippen molar-refractivity contribution in [1.29, 1.82) is 0 Å². The van der Waals surface area contributed by atoms with Crippen LogP contribution in [0.15, 0.2) is 42.5 Å². The average Bonchev–Trinajstić information content (AvgIpc) is 2.68. The van der Waals surface area contributed by atoms with Crippen LogP contribution in [0.2, 0.25) is 0 Å². The van der Waals surface area contributed by atoms with Gasteiger partial charge in [-0.15, -0.1) is 0 Å². The van der Waals surface area contributed by atoms with E-state index < -0.39 is 23.4 Å². The first-order chi connectivity index (χ1) is 13.4. The summed E-state index contributed by atoms with van der Waals surface area (Å²) in [6.45, 7) is 1.35. The number of benzene rings is 2. The Labute approximate surface area is 159 Å². The number of pyridine rings is 1. The minimum absolute atomic E-state index is 0.0915. The Bertz CT molecular complexity index is 1070. The molecule has 0 saturated carbocycles. The van der Waals surface area contributed by atoms with Crippen molar-refractivity contribution in [3.8, 4) is 5.75 Å². The quantitative estimate of drug-likeness (QED) is 0.707. The van der Waals surface area contributed by atoms with E-state index in [2.05, 4.69) is 15.6 Å². The second kappa shape index (κ2) is 7.99. The van der Waals surface area contributed by atoms with Gasteiger partial charge in [0.15, 0.2) is 11.6 Å². The number of hydrogen-bond acceptors (Lipinski definition) is 4. The fraction of sp³-hybridized carbons (Fsp3) is 0.150. The number of ether oxygens (including phenoxy) is 1. The molecule has 3 rings (SSSR count). The van der Waals surface area contributed by atoms with Crippen LogP contribution in [0.4, 0.5) is 14.5 Å².